The smallest absolute Gasteiger partial charge is 0.455 e. The Bertz CT molecular complexity index is 1040. The molecular formula is C26H33BBrNO5. The molecule has 4 atom stereocenters. The van der Waals surface area contributed by atoms with Gasteiger partial charge in [-0.1, -0.05) is 47.0 Å². The van der Waals surface area contributed by atoms with Crippen molar-refractivity contribution < 1.29 is 24.4 Å². The minimum absolute atomic E-state index is 0.0491. The molecule has 8 heteroatoms. The van der Waals surface area contributed by atoms with E-state index in [9.17, 15) is 19.7 Å². The summed E-state index contributed by atoms with van der Waals surface area (Å²) >= 11 is 3.44. The van der Waals surface area contributed by atoms with Gasteiger partial charge in [0.2, 0.25) is 11.8 Å². The molecule has 1 aromatic rings. The molecule has 0 spiro atoms. The van der Waals surface area contributed by atoms with Gasteiger partial charge in [-0.3, -0.25) is 14.5 Å². The van der Waals surface area contributed by atoms with Gasteiger partial charge in [-0.05, 0) is 75.0 Å². The summed E-state index contributed by atoms with van der Waals surface area (Å²) in [4.78, 5) is 27.7. The number of carbonyl (C=O) groups is 2. The zero-order valence-corrected chi connectivity index (χ0v) is 21.7. The van der Waals surface area contributed by atoms with E-state index in [0.717, 1.165) is 40.4 Å². The van der Waals surface area contributed by atoms with Crippen LogP contribution in [0.5, 0.6) is 5.75 Å². The third-order valence-electron chi connectivity index (χ3n) is 7.47. The van der Waals surface area contributed by atoms with Crippen LogP contribution in [0.4, 0.5) is 0 Å². The summed E-state index contributed by atoms with van der Waals surface area (Å²) in [6, 6.07) is 5.33. The molecule has 0 aromatic heterocycles. The molecule has 2 amide bonds. The number of aromatic hydroxyl groups is 1. The van der Waals surface area contributed by atoms with E-state index >= 15 is 0 Å². The Hall–Kier alpha value is -1.90. The van der Waals surface area contributed by atoms with Gasteiger partial charge in [0.25, 0.3) is 0 Å². The van der Waals surface area contributed by atoms with E-state index in [-0.39, 0.29) is 41.4 Å². The summed E-state index contributed by atoms with van der Waals surface area (Å²) in [7, 11) is -0.947. The fourth-order valence-corrected chi connectivity index (χ4v) is 6.33. The zero-order chi connectivity index (χ0) is 24.6. The highest BCUT2D eigenvalue weighted by molar-refractivity contribution is 9.10. The summed E-state index contributed by atoms with van der Waals surface area (Å²) < 4.78 is 6.92. The van der Waals surface area contributed by atoms with Gasteiger partial charge in [-0.25, -0.2) is 0 Å². The highest BCUT2D eigenvalue weighted by Gasteiger charge is 2.56. The standard InChI is InChI=1S/C26H33BBrNO5/c1-4-10-29-25(31)19-13-16(5-2)23-20(24(19)26(29)32)14-27(33)34-22(23)9-6-15(3)11-17-12-18(28)7-8-21(17)30/h7-8,11-12,19-20,22,24,30,33H,4-6,9-10,13-14H2,1-3H3/b15-11+/t19-,20+,22-,24-/m1/s1. The van der Waals surface area contributed by atoms with Gasteiger partial charge in [-0.2, -0.15) is 0 Å². The molecule has 2 heterocycles. The molecule has 0 unspecified atom stereocenters. The second-order valence-corrected chi connectivity index (χ2v) is 10.6. The van der Waals surface area contributed by atoms with Crippen molar-refractivity contribution in [1.29, 1.82) is 0 Å². The van der Waals surface area contributed by atoms with E-state index in [0.29, 0.717) is 25.7 Å². The predicted octanol–water partition coefficient (Wildman–Crippen LogP) is 4.96. The van der Waals surface area contributed by atoms with Crippen molar-refractivity contribution >= 4 is 40.9 Å². The number of phenolic OH excluding ortho intramolecular Hbond substituents is 1. The van der Waals surface area contributed by atoms with Crippen LogP contribution in [0.15, 0.2) is 39.4 Å². The Kier molecular flexibility index (Phi) is 7.70. The molecule has 34 heavy (non-hydrogen) atoms. The number of fused-ring (bicyclic) bond motifs is 3. The number of carbonyl (C=O) groups excluding carboxylic acids is 2. The maximum absolute atomic E-state index is 13.3. The lowest BCUT2D eigenvalue weighted by atomic mass is 9.58. The maximum atomic E-state index is 13.3. The number of benzene rings is 1. The Morgan fingerprint density at radius 2 is 2.03 bits per heavy atom. The molecule has 2 N–H and O–H groups in total. The third-order valence-corrected chi connectivity index (χ3v) is 7.96. The van der Waals surface area contributed by atoms with Crippen molar-refractivity contribution in [2.75, 3.05) is 6.54 Å². The number of likely N-dealkylation sites (tertiary alicyclic amines) is 1. The minimum atomic E-state index is -0.947. The van der Waals surface area contributed by atoms with Gasteiger partial charge < -0.3 is 14.8 Å². The zero-order valence-electron chi connectivity index (χ0n) is 20.1. The summed E-state index contributed by atoms with van der Waals surface area (Å²) in [6.45, 7) is 6.55. The van der Waals surface area contributed by atoms with E-state index < -0.39 is 7.12 Å². The van der Waals surface area contributed by atoms with Crippen molar-refractivity contribution in [3.63, 3.8) is 0 Å². The Balaban J connectivity index is 1.58. The van der Waals surface area contributed by atoms with Gasteiger partial charge in [0.05, 0.1) is 17.9 Å². The van der Waals surface area contributed by atoms with Crippen LogP contribution in [-0.4, -0.2) is 46.6 Å². The third kappa shape index (κ3) is 4.77. The Morgan fingerprint density at radius 1 is 1.26 bits per heavy atom. The van der Waals surface area contributed by atoms with Crippen LogP contribution < -0.4 is 0 Å². The maximum Gasteiger partial charge on any atom is 0.455 e. The predicted molar refractivity (Wildman–Crippen MR) is 136 cm³/mol. The molecule has 2 fully saturated rings. The largest absolute Gasteiger partial charge is 0.507 e. The number of hydrogen-bond donors (Lipinski definition) is 2. The molecule has 2 aliphatic heterocycles. The van der Waals surface area contributed by atoms with E-state index in [1.165, 1.54) is 10.5 Å². The average molecular weight is 530 g/mol. The molecule has 4 rings (SSSR count). The lowest BCUT2D eigenvalue weighted by Crippen LogP contribution is -2.46. The fourth-order valence-electron chi connectivity index (χ4n) is 5.95. The summed E-state index contributed by atoms with van der Waals surface area (Å²) in [5.74, 6) is -0.757. The van der Waals surface area contributed by atoms with Crippen molar-refractivity contribution in [3.05, 3.63) is 45.0 Å². The number of halogens is 1. The number of nitrogens with zero attached hydrogens (tertiary/aromatic N) is 1. The average Bonchev–Trinajstić information content (AvgIpc) is 3.04. The van der Waals surface area contributed by atoms with Gasteiger partial charge in [0.1, 0.15) is 5.75 Å². The molecular weight excluding hydrogens is 497 g/mol. The molecule has 0 bridgehead atoms. The van der Waals surface area contributed by atoms with Gasteiger partial charge in [0, 0.05) is 16.6 Å². The number of phenols is 1. The first-order valence-electron chi connectivity index (χ1n) is 12.3. The number of imide groups is 1. The quantitative estimate of drug-likeness (QED) is 0.296. The van der Waals surface area contributed by atoms with Crippen molar-refractivity contribution in [2.45, 2.75) is 65.3 Å². The van der Waals surface area contributed by atoms with Crippen LogP contribution in [0.25, 0.3) is 6.08 Å². The van der Waals surface area contributed by atoms with E-state index in [4.69, 9.17) is 4.65 Å². The lowest BCUT2D eigenvalue weighted by Gasteiger charge is -2.43. The van der Waals surface area contributed by atoms with Crippen LogP contribution in [0.2, 0.25) is 6.32 Å². The molecule has 1 aliphatic carbocycles. The van der Waals surface area contributed by atoms with Crippen LogP contribution >= 0.6 is 15.9 Å². The Labute approximate surface area is 210 Å². The highest BCUT2D eigenvalue weighted by atomic mass is 79.9. The lowest BCUT2D eigenvalue weighted by molar-refractivity contribution is -0.140. The van der Waals surface area contributed by atoms with E-state index in [1.54, 1.807) is 12.1 Å². The number of rotatable bonds is 7. The monoisotopic (exact) mass is 529 g/mol. The van der Waals surface area contributed by atoms with Crippen molar-refractivity contribution in [1.82, 2.24) is 4.90 Å². The van der Waals surface area contributed by atoms with Crippen LogP contribution in [-0.2, 0) is 14.2 Å². The summed E-state index contributed by atoms with van der Waals surface area (Å²) in [5.41, 5.74) is 4.16. The van der Waals surface area contributed by atoms with Gasteiger partial charge in [-0.15, -0.1) is 0 Å². The number of hydrogen-bond acceptors (Lipinski definition) is 5. The summed E-state index contributed by atoms with van der Waals surface area (Å²) in [6.07, 6.45) is 5.58. The second-order valence-electron chi connectivity index (χ2n) is 9.73. The number of allylic oxidation sites excluding steroid dienone is 2. The topological polar surface area (TPSA) is 87.1 Å². The highest BCUT2D eigenvalue weighted by Crippen LogP contribution is 2.51. The number of amides is 2. The molecule has 1 aromatic carbocycles. The second kappa shape index (κ2) is 10.4. The van der Waals surface area contributed by atoms with Crippen LogP contribution in [0.3, 0.4) is 0 Å². The van der Waals surface area contributed by atoms with Crippen molar-refractivity contribution in [2.24, 2.45) is 17.8 Å². The fraction of sp³-hybridized carbons (Fsp3) is 0.538. The molecule has 0 radical (unpaired) electrons. The van der Waals surface area contributed by atoms with Gasteiger partial charge in [0.15, 0.2) is 0 Å². The van der Waals surface area contributed by atoms with E-state index in [1.807, 2.05) is 26.0 Å². The molecule has 6 nitrogen and oxygen atoms in total. The van der Waals surface area contributed by atoms with Crippen LogP contribution in [0.1, 0.15) is 58.4 Å². The molecule has 0 saturated carbocycles. The first kappa shape index (κ1) is 25.2. The molecule has 3 aliphatic rings. The Morgan fingerprint density at radius 3 is 2.74 bits per heavy atom. The van der Waals surface area contributed by atoms with Crippen molar-refractivity contribution in [3.8, 4) is 5.75 Å². The first-order valence-corrected chi connectivity index (χ1v) is 13.1. The SMILES string of the molecule is CCCN1C(=O)[C@@H]2[C@@H](CC(CC)=C3[C@@H](CC/C(C)=C/c4cc(Br)ccc4O)OB(O)C[C@@H]32)C1=O. The normalized spacial score (nSPS) is 27.4. The first-order chi connectivity index (χ1) is 16.2. The van der Waals surface area contributed by atoms with Gasteiger partial charge >= 0.3 is 7.12 Å². The van der Waals surface area contributed by atoms with E-state index in [2.05, 4.69) is 22.9 Å². The minimum Gasteiger partial charge on any atom is -0.507 e. The molecule has 182 valence electrons. The van der Waals surface area contributed by atoms with Crippen LogP contribution in [0, 0.1) is 17.8 Å². The summed E-state index contributed by atoms with van der Waals surface area (Å²) in [5, 5.41) is 20.7. The molecule has 2 saturated heterocycles.